The quantitative estimate of drug-likeness (QED) is 0.317. The van der Waals surface area contributed by atoms with Crippen molar-refractivity contribution in [2.75, 3.05) is 6.61 Å². The van der Waals surface area contributed by atoms with Crippen molar-refractivity contribution < 1.29 is 38.1 Å². The van der Waals surface area contributed by atoms with Crippen molar-refractivity contribution in [1.29, 1.82) is 0 Å². The van der Waals surface area contributed by atoms with E-state index in [0.29, 0.717) is 0 Å². The van der Waals surface area contributed by atoms with Crippen LogP contribution in [0, 0.1) is 0 Å². The molecule has 0 radical (unpaired) electrons. The first-order valence-electron chi connectivity index (χ1n) is 9.29. The summed E-state index contributed by atoms with van der Waals surface area (Å²) in [4.78, 5) is 46.8. The number of hydrogen-bond donors (Lipinski definition) is 1. The standard InChI is InChI=1S/C20H25NO8Se/c1-11(22)21-17-19(28-14(4)25)18(27-13(3)24)16(10-26-12(2)23)29-20(17)30-15-8-6-5-7-9-15/h5-9,16-20H,10H2,1-4H3,(H,21,22)/t16-,17-,18+,19-,20+/m1/s1. The molecule has 9 nitrogen and oxygen atoms in total. The molecule has 5 atom stereocenters. The summed E-state index contributed by atoms with van der Waals surface area (Å²) < 4.78 is 23.1. The molecule has 0 saturated carbocycles. The number of amides is 1. The van der Waals surface area contributed by atoms with Crippen molar-refractivity contribution in [1.82, 2.24) is 5.32 Å². The van der Waals surface area contributed by atoms with Gasteiger partial charge in [0.25, 0.3) is 0 Å². The van der Waals surface area contributed by atoms with E-state index in [1.54, 1.807) is 0 Å². The molecular weight excluding hydrogens is 461 g/mol. The van der Waals surface area contributed by atoms with Crippen LogP contribution in [-0.2, 0) is 38.1 Å². The van der Waals surface area contributed by atoms with Gasteiger partial charge in [-0.1, -0.05) is 0 Å². The molecule has 1 aromatic rings. The van der Waals surface area contributed by atoms with Crippen LogP contribution in [0.15, 0.2) is 30.3 Å². The van der Waals surface area contributed by atoms with Crippen LogP contribution in [0.3, 0.4) is 0 Å². The molecule has 1 N–H and O–H groups in total. The number of benzene rings is 1. The molecule has 0 aliphatic carbocycles. The van der Waals surface area contributed by atoms with E-state index in [1.165, 1.54) is 27.7 Å². The average Bonchev–Trinajstić information content (AvgIpc) is 2.64. The molecule has 0 bridgehead atoms. The van der Waals surface area contributed by atoms with Crippen LogP contribution in [0.4, 0.5) is 0 Å². The maximum absolute atomic E-state index is 11.9. The molecule has 1 aliphatic heterocycles. The van der Waals surface area contributed by atoms with Crippen molar-refractivity contribution >= 4 is 43.2 Å². The Labute approximate surface area is 180 Å². The summed E-state index contributed by atoms with van der Waals surface area (Å²) >= 11 is -0.303. The molecule has 1 aromatic carbocycles. The summed E-state index contributed by atoms with van der Waals surface area (Å²) in [5.41, 5.74) is 0. The Hall–Kier alpha value is -2.42. The van der Waals surface area contributed by atoms with Crippen LogP contribution in [0.1, 0.15) is 27.7 Å². The minimum absolute atomic E-state index is 0.195. The third kappa shape index (κ3) is 7.12. The Bertz CT molecular complexity index is 771. The summed E-state index contributed by atoms with van der Waals surface area (Å²) in [6.45, 7) is 4.83. The van der Waals surface area contributed by atoms with Crippen molar-refractivity contribution in [3.8, 4) is 0 Å². The average molecular weight is 486 g/mol. The van der Waals surface area contributed by atoms with E-state index in [1.807, 2.05) is 30.3 Å². The summed E-state index contributed by atoms with van der Waals surface area (Å²) in [6.07, 6.45) is -2.95. The molecular formula is C20H25NO8Se. The van der Waals surface area contributed by atoms with Gasteiger partial charge in [-0.3, -0.25) is 0 Å². The molecule has 1 heterocycles. The summed E-state index contributed by atoms with van der Waals surface area (Å²) in [5, 5.41) is 2.20. The van der Waals surface area contributed by atoms with Crippen LogP contribution in [0.2, 0.25) is 0 Å². The Kier molecular flexibility index (Phi) is 8.83. The Morgan fingerprint density at radius 3 is 2.07 bits per heavy atom. The van der Waals surface area contributed by atoms with Crippen molar-refractivity contribution in [2.24, 2.45) is 0 Å². The SMILES string of the molecule is CC(=O)N[C@@H]1[C@@H](OC(C)=O)[C@@H](OC(C)=O)[C@@H](COC(C)=O)O[C@H]1[Se]c1ccccc1. The van der Waals surface area contributed by atoms with E-state index in [-0.39, 0.29) is 27.5 Å². The Morgan fingerprint density at radius 1 is 0.933 bits per heavy atom. The maximum atomic E-state index is 11.9. The van der Waals surface area contributed by atoms with Crippen LogP contribution in [-0.4, -0.2) is 74.7 Å². The zero-order valence-corrected chi connectivity index (χ0v) is 18.9. The fraction of sp³-hybridized carbons (Fsp3) is 0.500. The predicted molar refractivity (Wildman–Crippen MR) is 106 cm³/mol. The minimum atomic E-state index is -1.06. The second-order valence-corrected chi connectivity index (χ2v) is 9.11. The topological polar surface area (TPSA) is 117 Å². The van der Waals surface area contributed by atoms with E-state index in [2.05, 4.69) is 5.32 Å². The molecule has 164 valence electrons. The third-order valence-electron chi connectivity index (χ3n) is 4.07. The second-order valence-electron chi connectivity index (χ2n) is 6.65. The summed E-state index contributed by atoms with van der Waals surface area (Å²) in [6, 6.07) is 8.74. The van der Waals surface area contributed by atoms with Gasteiger partial charge in [-0.2, -0.15) is 0 Å². The third-order valence-corrected chi connectivity index (χ3v) is 6.54. The van der Waals surface area contributed by atoms with Crippen molar-refractivity contribution in [2.45, 2.75) is 57.1 Å². The zero-order chi connectivity index (χ0) is 22.3. The Morgan fingerprint density at radius 2 is 1.53 bits per heavy atom. The van der Waals surface area contributed by atoms with Crippen LogP contribution < -0.4 is 9.78 Å². The van der Waals surface area contributed by atoms with E-state index in [0.717, 1.165) is 4.46 Å². The molecule has 1 aliphatic rings. The molecule has 10 heteroatoms. The molecule has 0 unspecified atom stereocenters. The zero-order valence-electron chi connectivity index (χ0n) is 17.2. The number of carbonyl (C=O) groups excluding carboxylic acids is 4. The molecule has 0 spiro atoms. The molecule has 1 fully saturated rings. The normalized spacial score (nSPS) is 25.7. The fourth-order valence-electron chi connectivity index (χ4n) is 3.02. The van der Waals surface area contributed by atoms with Crippen molar-refractivity contribution in [3.05, 3.63) is 30.3 Å². The van der Waals surface area contributed by atoms with Gasteiger partial charge < -0.3 is 0 Å². The van der Waals surface area contributed by atoms with Gasteiger partial charge in [0, 0.05) is 0 Å². The first kappa shape index (κ1) is 23.9. The summed E-state index contributed by atoms with van der Waals surface area (Å²) in [5.74, 6) is -2.11. The van der Waals surface area contributed by atoms with Gasteiger partial charge in [-0.15, -0.1) is 0 Å². The van der Waals surface area contributed by atoms with Gasteiger partial charge in [0.05, 0.1) is 0 Å². The number of carbonyl (C=O) groups is 4. The monoisotopic (exact) mass is 487 g/mol. The van der Waals surface area contributed by atoms with Gasteiger partial charge in [0.1, 0.15) is 0 Å². The van der Waals surface area contributed by atoms with Gasteiger partial charge in [-0.05, 0) is 0 Å². The first-order chi connectivity index (χ1) is 14.2. The predicted octanol–water partition coefficient (Wildman–Crippen LogP) is -0.328. The number of ether oxygens (including phenoxy) is 4. The number of nitrogens with one attached hydrogen (secondary N) is 1. The molecule has 0 aromatic heterocycles. The van der Waals surface area contributed by atoms with Crippen LogP contribution in [0.5, 0.6) is 0 Å². The van der Waals surface area contributed by atoms with Gasteiger partial charge in [0.15, 0.2) is 0 Å². The Balaban J connectivity index is 2.42. The van der Waals surface area contributed by atoms with E-state index in [4.69, 9.17) is 18.9 Å². The van der Waals surface area contributed by atoms with Gasteiger partial charge >= 0.3 is 181 Å². The molecule has 30 heavy (non-hydrogen) atoms. The van der Waals surface area contributed by atoms with Crippen LogP contribution in [0.25, 0.3) is 0 Å². The number of esters is 3. The molecule has 1 amide bonds. The van der Waals surface area contributed by atoms with Gasteiger partial charge in [-0.25, -0.2) is 0 Å². The van der Waals surface area contributed by atoms with E-state index < -0.39 is 47.3 Å². The second kappa shape index (κ2) is 11.1. The fourth-order valence-corrected chi connectivity index (χ4v) is 5.44. The number of hydrogen-bond acceptors (Lipinski definition) is 8. The summed E-state index contributed by atoms with van der Waals surface area (Å²) in [7, 11) is 0. The van der Waals surface area contributed by atoms with Crippen LogP contribution >= 0.6 is 0 Å². The molecule has 1 saturated heterocycles. The van der Waals surface area contributed by atoms with Gasteiger partial charge in [0.2, 0.25) is 0 Å². The van der Waals surface area contributed by atoms with E-state index >= 15 is 0 Å². The number of rotatable bonds is 7. The first-order valence-corrected chi connectivity index (χ1v) is 11.1. The molecule has 2 rings (SSSR count). The van der Waals surface area contributed by atoms with Crippen molar-refractivity contribution in [3.63, 3.8) is 0 Å². The van der Waals surface area contributed by atoms with E-state index in [9.17, 15) is 19.2 Å².